The molecule has 5 rings (SSSR count). The second-order valence-corrected chi connectivity index (χ2v) is 14.2. The zero-order valence-electron chi connectivity index (χ0n) is 26.8. The molecule has 3 fully saturated rings. The summed E-state index contributed by atoms with van der Waals surface area (Å²) in [7, 11) is 7.72. The number of likely N-dealkylation sites (tertiary alicyclic amines) is 1. The Bertz CT molecular complexity index is 1330. The second kappa shape index (κ2) is 12.0. The van der Waals surface area contributed by atoms with Crippen LogP contribution >= 0.6 is 0 Å². The fraction of sp³-hybridized carbons (Fsp3) is 0.629. The quantitative estimate of drug-likeness (QED) is 0.276. The normalized spacial score (nSPS) is 31.4. The Morgan fingerprint density at radius 2 is 1.91 bits per heavy atom. The number of amides is 1. The molecule has 1 amide bonds. The summed E-state index contributed by atoms with van der Waals surface area (Å²) in [5.74, 6) is 1.90. The Labute approximate surface area is 258 Å². The largest absolute Gasteiger partial charge is 0.387 e. The van der Waals surface area contributed by atoms with E-state index in [1.807, 2.05) is 6.07 Å². The molecule has 1 aromatic carbocycles. The number of amidine groups is 1. The number of nitrogens with one attached hydrogen (secondary N) is 2. The summed E-state index contributed by atoms with van der Waals surface area (Å²) >= 11 is 0. The molecule has 43 heavy (non-hydrogen) atoms. The van der Waals surface area contributed by atoms with E-state index in [9.17, 15) is 15.5 Å². The molecule has 1 aromatic rings. The van der Waals surface area contributed by atoms with Gasteiger partial charge in [-0.3, -0.25) is 10.2 Å². The minimum Gasteiger partial charge on any atom is -0.387 e. The summed E-state index contributed by atoms with van der Waals surface area (Å²) < 4.78 is 0. The first-order valence-electron chi connectivity index (χ1n) is 16.0. The molecular weight excluding hydrogens is 534 g/mol. The highest BCUT2D eigenvalue weighted by molar-refractivity contribution is 5.95. The van der Waals surface area contributed by atoms with E-state index in [1.54, 1.807) is 19.0 Å². The van der Waals surface area contributed by atoms with Gasteiger partial charge in [0.1, 0.15) is 11.9 Å². The molecule has 0 aromatic heterocycles. The van der Waals surface area contributed by atoms with Crippen molar-refractivity contribution in [3.8, 4) is 6.07 Å². The van der Waals surface area contributed by atoms with Crippen molar-refractivity contribution in [1.82, 2.24) is 20.0 Å². The van der Waals surface area contributed by atoms with Gasteiger partial charge in [0.25, 0.3) is 5.91 Å². The fourth-order valence-electron chi connectivity index (χ4n) is 8.75. The molecular formula is C35H51N7O. The predicted octanol–water partition coefficient (Wildman–Crippen LogP) is 4.48. The summed E-state index contributed by atoms with van der Waals surface area (Å²) in [5, 5.41) is 22.6. The molecule has 8 heteroatoms. The summed E-state index contributed by atoms with van der Waals surface area (Å²) in [6, 6.07) is 9.02. The maximum absolute atomic E-state index is 13.0. The predicted molar refractivity (Wildman–Crippen MR) is 172 cm³/mol. The number of allylic oxidation sites excluding steroid dienone is 1. The molecule has 1 heterocycles. The van der Waals surface area contributed by atoms with E-state index < -0.39 is 5.41 Å². The Morgan fingerprint density at radius 3 is 2.56 bits per heavy atom. The van der Waals surface area contributed by atoms with E-state index in [-0.39, 0.29) is 29.7 Å². The highest BCUT2D eigenvalue weighted by Gasteiger charge is 2.53. The SMILES string of the molecule is C=C(C1CCC2[C@@H](CCc3cc(C(=O)N(C)C)ccc3C2(C[C@H](C)NCC(=C)N2C(C#N)C[C@@H]3C[C@@H]32)C(=N)N)C1)N(C)C. The van der Waals surface area contributed by atoms with E-state index >= 15 is 0 Å². The van der Waals surface area contributed by atoms with Crippen LogP contribution in [0.5, 0.6) is 0 Å². The number of hydrogen-bond acceptors (Lipinski definition) is 6. The Hall–Kier alpha value is -3.31. The van der Waals surface area contributed by atoms with Crippen molar-refractivity contribution in [3.05, 3.63) is 59.4 Å². The summed E-state index contributed by atoms with van der Waals surface area (Å²) in [6.45, 7) is 11.6. The number of hydrogen-bond donors (Lipinski definition) is 3. The third-order valence-corrected chi connectivity index (χ3v) is 11.1. The van der Waals surface area contributed by atoms with Crippen molar-refractivity contribution >= 4 is 11.7 Å². The van der Waals surface area contributed by atoms with Gasteiger partial charge in [-0.2, -0.15) is 5.26 Å². The van der Waals surface area contributed by atoms with Crippen LogP contribution < -0.4 is 11.1 Å². The van der Waals surface area contributed by atoms with Crippen molar-refractivity contribution < 1.29 is 4.79 Å². The maximum Gasteiger partial charge on any atom is 0.253 e. The van der Waals surface area contributed by atoms with Crippen LogP contribution in [0.4, 0.5) is 0 Å². The number of carbonyl (C=O) groups excluding carboxylic acids is 1. The van der Waals surface area contributed by atoms with E-state index in [0.29, 0.717) is 42.3 Å². The number of nitriles is 1. The lowest BCUT2D eigenvalue weighted by atomic mass is 9.57. The molecule has 0 bridgehead atoms. The lowest BCUT2D eigenvalue weighted by Crippen LogP contribution is -2.54. The number of aryl methyl sites for hydroxylation is 1. The number of rotatable bonds is 10. The third kappa shape index (κ3) is 5.69. The number of carbonyl (C=O) groups is 1. The van der Waals surface area contributed by atoms with Crippen molar-refractivity contribution in [2.75, 3.05) is 34.7 Å². The van der Waals surface area contributed by atoms with Gasteiger partial charge in [0.05, 0.1) is 11.5 Å². The number of nitrogens with zero attached hydrogens (tertiary/aromatic N) is 4. The van der Waals surface area contributed by atoms with Gasteiger partial charge in [0.15, 0.2) is 0 Å². The van der Waals surface area contributed by atoms with Gasteiger partial charge in [-0.15, -0.1) is 0 Å². The molecule has 8 atom stereocenters. The minimum absolute atomic E-state index is 0.00994. The first kappa shape index (κ1) is 31.1. The molecule has 8 nitrogen and oxygen atoms in total. The number of piperidine rings is 1. The molecule has 4 N–H and O–H groups in total. The molecule has 2 saturated carbocycles. The number of benzene rings is 1. The van der Waals surface area contributed by atoms with Crippen LogP contribution in [0.25, 0.3) is 0 Å². The monoisotopic (exact) mass is 585 g/mol. The molecule has 1 saturated heterocycles. The molecule has 0 spiro atoms. The van der Waals surface area contributed by atoms with Crippen LogP contribution in [-0.4, -0.2) is 79.3 Å². The van der Waals surface area contributed by atoms with Gasteiger partial charge >= 0.3 is 0 Å². The van der Waals surface area contributed by atoms with Crippen LogP contribution in [-0.2, 0) is 11.8 Å². The second-order valence-electron chi connectivity index (χ2n) is 14.2. The van der Waals surface area contributed by atoms with Crippen LogP contribution in [0.2, 0.25) is 0 Å². The molecule has 1 aliphatic heterocycles. The summed E-state index contributed by atoms with van der Waals surface area (Å²) in [6.07, 6.45) is 7.74. The minimum atomic E-state index is -0.640. The zero-order valence-corrected chi connectivity index (χ0v) is 26.8. The fourth-order valence-corrected chi connectivity index (χ4v) is 8.75. The highest BCUT2D eigenvalue weighted by Crippen LogP contribution is 2.54. The molecule has 0 radical (unpaired) electrons. The standard InChI is InChI=1S/C35H51N7O/c1-21(39-20-22(2)42-29(19-36)16-28-17-32(28)42)18-35(34(37)38)30-12-10-24(23(3)40(4)5)14-25(30)8-9-26-15-27(11-13-31(26)35)33(43)41(6)7/h11,13,15,21,24-25,28-30,32,39H,2-3,8-10,12,14,16-18,20H2,1,4-7H3,(H3,37,38)/t21-,24?,25-,28+,29?,30?,32-,35?/m0/s1. The average molecular weight is 586 g/mol. The number of fused-ring (bicyclic) bond motifs is 3. The van der Waals surface area contributed by atoms with Gasteiger partial charge < -0.3 is 25.8 Å². The lowest BCUT2D eigenvalue weighted by molar-refractivity contribution is 0.0827. The van der Waals surface area contributed by atoms with Crippen molar-refractivity contribution in [3.63, 3.8) is 0 Å². The van der Waals surface area contributed by atoms with Crippen LogP contribution in [0.3, 0.4) is 0 Å². The maximum atomic E-state index is 13.0. The third-order valence-electron chi connectivity index (χ3n) is 11.1. The average Bonchev–Trinajstić information content (AvgIpc) is 3.67. The van der Waals surface area contributed by atoms with Gasteiger partial charge in [-0.05, 0) is 105 Å². The zero-order chi connectivity index (χ0) is 31.2. The molecule has 4 aliphatic rings. The van der Waals surface area contributed by atoms with E-state index in [2.05, 4.69) is 67.5 Å². The van der Waals surface area contributed by atoms with Gasteiger partial charge in [0.2, 0.25) is 0 Å². The van der Waals surface area contributed by atoms with Crippen LogP contribution in [0.15, 0.2) is 42.8 Å². The van der Waals surface area contributed by atoms with Crippen LogP contribution in [0, 0.1) is 40.4 Å². The van der Waals surface area contributed by atoms with Crippen molar-refractivity contribution in [2.45, 2.75) is 81.8 Å². The van der Waals surface area contributed by atoms with Crippen molar-refractivity contribution in [1.29, 1.82) is 10.7 Å². The Balaban J connectivity index is 1.45. The van der Waals surface area contributed by atoms with E-state index in [4.69, 9.17) is 5.73 Å². The lowest BCUT2D eigenvalue weighted by Gasteiger charge is -2.49. The van der Waals surface area contributed by atoms with Gasteiger partial charge in [-0.1, -0.05) is 19.2 Å². The van der Waals surface area contributed by atoms with E-state index in [1.165, 1.54) is 12.1 Å². The first-order chi connectivity index (χ1) is 20.4. The van der Waals surface area contributed by atoms with Gasteiger partial charge in [0, 0.05) is 63.8 Å². The summed E-state index contributed by atoms with van der Waals surface area (Å²) in [5.41, 5.74) is 11.2. The number of nitrogens with two attached hydrogens (primary N) is 1. The van der Waals surface area contributed by atoms with Gasteiger partial charge in [-0.25, -0.2) is 0 Å². The first-order valence-corrected chi connectivity index (χ1v) is 16.0. The summed E-state index contributed by atoms with van der Waals surface area (Å²) in [4.78, 5) is 19.0. The van der Waals surface area contributed by atoms with Crippen molar-refractivity contribution in [2.24, 2.45) is 29.4 Å². The molecule has 232 valence electrons. The Kier molecular flexibility index (Phi) is 8.68. The molecule has 3 aliphatic carbocycles. The van der Waals surface area contributed by atoms with Crippen LogP contribution in [0.1, 0.15) is 73.4 Å². The highest BCUT2D eigenvalue weighted by atomic mass is 16.2. The smallest absolute Gasteiger partial charge is 0.253 e. The van der Waals surface area contributed by atoms with E-state index in [0.717, 1.165) is 55.3 Å². The molecule has 4 unspecified atom stereocenters. The Morgan fingerprint density at radius 1 is 1.16 bits per heavy atom. The topological polar surface area (TPSA) is 112 Å².